The molecule has 1 aromatic carbocycles. The summed E-state index contributed by atoms with van der Waals surface area (Å²) in [6, 6.07) is 4.66. The van der Waals surface area contributed by atoms with Crippen molar-refractivity contribution >= 4 is 56.7 Å². The lowest BCUT2D eigenvalue weighted by molar-refractivity contribution is 0.0836. The van der Waals surface area contributed by atoms with E-state index in [0.717, 1.165) is 41.0 Å². The maximum Gasteiger partial charge on any atom is 0.143 e. The van der Waals surface area contributed by atoms with E-state index in [2.05, 4.69) is 54.2 Å². The lowest BCUT2D eigenvalue weighted by atomic mass is 9.76. The van der Waals surface area contributed by atoms with Crippen LogP contribution in [0.1, 0.15) is 30.9 Å². The number of phenolic OH excluding ortho intramolecular Hbond substituents is 1. The number of benzene rings is 1. The van der Waals surface area contributed by atoms with Gasteiger partial charge < -0.3 is 10.4 Å². The first-order valence-electron chi connectivity index (χ1n) is 7.29. The number of phenols is 1. The second kappa shape index (κ2) is 9.09. The molecule has 126 valence electrons. The first-order chi connectivity index (χ1) is 9.66. The highest BCUT2D eigenvalue weighted by Gasteiger charge is 2.34. The highest BCUT2D eigenvalue weighted by atomic mass is 79.9. The molecule has 0 bridgehead atoms. The van der Waals surface area contributed by atoms with Crippen molar-refractivity contribution in [3.63, 3.8) is 0 Å². The third-order valence-electron chi connectivity index (χ3n) is 4.52. The molecule has 1 aliphatic carbocycles. The molecular formula is C15H22Br2Cl2N2O. The molecule has 1 heterocycles. The van der Waals surface area contributed by atoms with Crippen molar-refractivity contribution in [3.8, 4) is 5.75 Å². The van der Waals surface area contributed by atoms with Crippen LogP contribution in [0, 0.1) is 5.92 Å². The fourth-order valence-corrected chi connectivity index (χ4v) is 4.47. The van der Waals surface area contributed by atoms with Crippen LogP contribution in [0.4, 0.5) is 0 Å². The average molecular weight is 477 g/mol. The van der Waals surface area contributed by atoms with Gasteiger partial charge in [-0.25, -0.2) is 0 Å². The predicted octanol–water partition coefficient (Wildman–Crippen LogP) is 4.51. The largest absolute Gasteiger partial charge is 0.506 e. The monoisotopic (exact) mass is 474 g/mol. The molecule has 1 saturated carbocycles. The van der Waals surface area contributed by atoms with E-state index in [1.165, 1.54) is 24.8 Å². The Bertz CT molecular complexity index is 471. The van der Waals surface area contributed by atoms with E-state index in [4.69, 9.17) is 0 Å². The van der Waals surface area contributed by atoms with Crippen molar-refractivity contribution in [2.75, 3.05) is 26.2 Å². The Kier molecular flexibility index (Phi) is 8.48. The summed E-state index contributed by atoms with van der Waals surface area (Å²) in [4.78, 5) is 2.60. The smallest absolute Gasteiger partial charge is 0.143 e. The molecule has 0 aromatic heterocycles. The van der Waals surface area contributed by atoms with Crippen molar-refractivity contribution in [3.05, 3.63) is 26.6 Å². The standard InChI is InChI=1S/C15H20Br2N2O.2ClH/c16-12-8-11(9-13(17)15(12)20)14(10-2-1-3-10)19-6-4-18-5-7-19;;/h8-10,14,18,20H,1-7H2;2*1H/t14-;;/m0../s1. The Labute approximate surface area is 161 Å². The van der Waals surface area contributed by atoms with E-state index < -0.39 is 0 Å². The first kappa shape index (κ1) is 20.5. The number of halogens is 4. The summed E-state index contributed by atoms with van der Waals surface area (Å²) >= 11 is 6.93. The van der Waals surface area contributed by atoms with E-state index >= 15 is 0 Å². The molecule has 1 saturated heterocycles. The lowest BCUT2D eigenvalue weighted by Gasteiger charge is -2.43. The molecule has 0 radical (unpaired) electrons. The topological polar surface area (TPSA) is 35.5 Å². The normalized spacial score (nSPS) is 20.5. The Morgan fingerprint density at radius 2 is 1.64 bits per heavy atom. The molecule has 2 fully saturated rings. The molecule has 2 N–H and O–H groups in total. The van der Waals surface area contributed by atoms with Crippen LogP contribution in [0.5, 0.6) is 5.75 Å². The van der Waals surface area contributed by atoms with Gasteiger partial charge >= 0.3 is 0 Å². The van der Waals surface area contributed by atoms with E-state index in [1.54, 1.807) is 0 Å². The second-order valence-electron chi connectivity index (χ2n) is 5.75. The summed E-state index contributed by atoms with van der Waals surface area (Å²) < 4.78 is 1.56. The van der Waals surface area contributed by atoms with Gasteiger partial charge in [0.25, 0.3) is 0 Å². The minimum Gasteiger partial charge on any atom is -0.506 e. The Hall–Kier alpha value is 0.480. The highest BCUT2D eigenvalue weighted by molar-refractivity contribution is 9.11. The Balaban J connectivity index is 0.00000121. The fourth-order valence-electron chi connectivity index (χ4n) is 3.25. The molecule has 0 unspecified atom stereocenters. The average Bonchev–Trinajstić information content (AvgIpc) is 2.40. The molecule has 22 heavy (non-hydrogen) atoms. The first-order valence-corrected chi connectivity index (χ1v) is 8.88. The molecular weight excluding hydrogens is 455 g/mol. The number of rotatable bonds is 3. The van der Waals surface area contributed by atoms with E-state index in [1.807, 2.05) is 0 Å². The zero-order valence-electron chi connectivity index (χ0n) is 12.2. The van der Waals surface area contributed by atoms with Gasteiger partial charge in [0.2, 0.25) is 0 Å². The zero-order chi connectivity index (χ0) is 14.1. The summed E-state index contributed by atoms with van der Waals surface area (Å²) in [5, 5.41) is 13.3. The highest BCUT2D eigenvalue weighted by Crippen LogP contribution is 2.44. The van der Waals surface area contributed by atoms with Gasteiger partial charge in [0.05, 0.1) is 8.95 Å². The quantitative estimate of drug-likeness (QED) is 0.674. The summed E-state index contributed by atoms with van der Waals surface area (Å²) in [7, 11) is 0. The molecule has 1 aliphatic heterocycles. The van der Waals surface area contributed by atoms with Gasteiger partial charge in [0, 0.05) is 32.2 Å². The van der Waals surface area contributed by atoms with Crippen LogP contribution in [0.2, 0.25) is 0 Å². The van der Waals surface area contributed by atoms with Crippen LogP contribution in [0.3, 0.4) is 0 Å². The van der Waals surface area contributed by atoms with Crippen molar-refractivity contribution in [2.45, 2.75) is 25.3 Å². The van der Waals surface area contributed by atoms with E-state index in [-0.39, 0.29) is 24.8 Å². The number of nitrogens with zero attached hydrogens (tertiary/aromatic N) is 1. The maximum atomic E-state index is 9.92. The minimum absolute atomic E-state index is 0. The van der Waals surface area contributed by atoms with Gasteiger partial charge in [-0.2, -0.15) is 0 Å². The van der Waals surface area contributed by atoms with Crippen LogP contribution in [0.15, 0.2) is 21.1 Å². The van der Waals surface area contributed by atoms with Gasteiger partial charge in [-0.15, -0.1) is 24.8 Å². The Morgan fingerprint density at radius 3 is 2.09 bits per heavy atom. The summed E-state index contributed by atoms with van der Waals surface area (Å²) in [5.74, 6) is 1.05. The van der Waals surface area contributed by atoms with Crippen LogP contribution in [-0.4, -0.2) is 36.2 Å². The molecule has 7 heteroatoms. The third kappa shape index (κ3) is 4.31. The lowest BCUT2D eigenvalue weighted by Crippen LogP contribution is -2.47. The second-order valence-corrected chi connectivity index (χ2v) is 7.46. The third-order valence-corrected chi connectivity index (χ3v) is 5.73. The molecule has 1 atom stereocenters. The van der Waals surface area contributed by atoms with Gasteiger partial charge in [-0.05, 0) is 68.3 Å². The predicted molar refractivity (Wildman–Crippen MR) is 103 cm³/mol. The van der Waals surface area contributed by atoms with Crippen molar-refractivity contribution < 1.29 is 5.11 Å². The SMILES string of the molecule is Cl.Cl.Oc1c(Br)cc([C@H](C2CCC2)N2CCNCC2)cc1Br. The van der Waals surface area contributed by atoms with Gasteiger partial charge in [0.1, 0.15) is 5.75 Å². The fraction of sp³-hybridized carbons (Fsp3) is 0.600. The van der Waals surface area contributed by atoms with Crippen LogP contribution < -0.4 is 5.32 Å². The molecule has 3 nitrogen and oxygen atoms in total. The molecule has 3 rings (SSSR count). The van der Waals surface area contributed by atoms with Crippen molar-refractivity contribution in [1.82, 2.24) is 10.2 Å². The van der Waals surface area contributed by atoms with Gasteiger partial charge in [-0.1, -0.05) is 6.42 Å². The van der Waals surface area contributed by atoms with Crippen LogP contribution >= 0.6 is 56.7 Å². The zero-order valence-corrected chi connectivity index (χ0v) is 17.0. The summed E-state index contributed by atoms with van der Waals surface area (Å²) in [6.07, 6.45) is 4.00. The molecule has 2 aliphatic rings. The summed E-state index contributed by atoms with van der Waals surface area (Å²) in [5.41, 5.74) is 1.31. The number of aromatic hydroxyl groups is 1. The van der Waals surface area contributed by atoms with Crippen LogP contribution in [-0.2, 0) is 0 Å². The minimum atomic E-state index is 0. The van der Waals surface area contributed by atoms with Gasteiger partial charge in [-0.3, -0.25) is 4.90 Å². The number of piperazine rings is 1. The molecule has 0 amide bonds. The Morgan fingerprint density at radius 1 is 1.09 bits per heavy atom. The van der Waals surface area contributed by atoms with E-state index in [9.17, 15) is 5.11 Å². The number of hydrogen-bond donors (Lipinski definition) is 2. The number of hydrogen-bond acceptors (Lipinski definition) is 3. The maximum absolute atomic E-state index is 9.92. The van der Waals surface area contributed by atoms with E-state index in [0.29, 0.717) is 11.8 Å². The number of nitrogens with one attached hydrogen (secondary N) is 1. The molecule has 1 aromatic rings. The molecule has 0 spiro atoms. The summed E-state index contributed by atoms with van der Waals surface area (Å²) in [6.45, 7) is 4.36. The van der Waals surface area contributed by atoms with Crippen molar-refractivity contribution in [1.29, 1.82) is 0 Å². The van der Waals surface area contributed by atoms with Gasteiger partial charge in [0.15, 0.2) is 0 Å². The van der Waals surface area contributed by atoms with Crippen molar-refractivity contribution in [2.24, 2.45) is 5.92 Å². The van der Waals surface area contributed by atoms with Crippen LogP contribution in [0.25, 0.3) is 0 Å².